The van der Waals surface area contributed by atoms with Gasteiger partial charge >= 0.3 is 0 Å². The Morgan fingerprint density at radius 2 is 1.96 bits per heavy atom. The number of dihydropyridines is 1. The molecule has 5 nitrogen and oxygen atoms in total. The van der Waals surface area contributed by atoms with Gasteiger partial charge in [0.05, 0.1) is 5.69 Å². The molecular formula is C19H19N5. The fourth-order valence-corrected chi connectivity index (χ4v) is 3.78. The molecule has 4 N–H and O–H groups in total. The van der Waals surface area contributed by atoms with Crippen LogP contribution in [0.1, 0.15) is 25.5 Å². The molecule has 2 aromatic heterocycles. The molecule has 1 unspecified atom stereocenters. The third-order valence-corrected chi connectivity index (χ3v) is 5.14. The van der Waals surface area contributed by atoms with Gasteiger partial charge in [-0.25, -0.2) is 4.98 Å². The van der Waals surface area contributed by atoms with Gasteiger partial charge in [0.2, 0.25) is 0 Å². The molecule has 1 aliphatic carbocycles. The maximum Gasteiger partial charge on any atom is 0.131 e. The van der Waals surface area contributed by atoms with Crippen molar-refractivity contribution in [1.82, 2.24) is 20.6 Å². The monoisotopic (exact) mass is 317 g/mol. The van der Waals surface area contributed by atoms with Gasteiger partial charge in [-0.2, -0.15) is 0 Å². The SMILES string of the molecule is CC12NC=CC=C1C(c1nccc3c(N)nccc13)=C(C1CC1)N2. The average Bonchev–Trinajstić information content (AvgIpc) is 3.37. The summed E-state index contributed by atoms with van der Waals surface area (Å²) in [5, 5.41) is 9.20. The Bertz CT molecular complexity index is 951. The van der Waals surface area contributed by atoms with Gasteiger partial charge in [0.15, 0.2) is 0 Å². The fraction of sp³-hybridized carbons (Fsp3) is 0.263. The Balaban J connectivity index is 1.81. The number of rotatable bonds is 2. The predicted molar refractivity (Wildman–Crippen MR) is 95.5 cm³/mol. The lowest BCUT2D eigenvalue weighted by molar-refractivity contribution is 0.425. The number of aromatic nitrogens is 2. The zero-order chi connectivity index (χ0) is 16.3. The van der Waals surface area contributed by atoms with Crippen LogP contribution in [-0.4, -0.2) is 15.6 Å². The van der Waals surface area contributed by atoms with Gasteiger partial charge in [0, 0.05) is 40.0 Å². The zero-order valence-corrected chi connectivity index (χ0v) is 13.5. The topological polar surface area (TPSA) is 75.9 Å². The van der Waals surface area contributed by atoms with Crippen molar-refractivity contribution >= 4 is 22.2 Å². The molecule has 0 spiro atoms. The smallest absolute Gasteiger partial charge is 0.131 e. The molecule has 24 heavy (non-hydrogen) atoms. The lowest BCUT2D eigenvalue weighted by Gasteiger charge is -2.31. The molecule has 2 aromatic rings. The van der Waals surface area contributed by atoms with E-state index in [0.29, 0.717) is 11.7 Å². The molecule has 3 aliphatic rings. The van der Waals surface area contributed by atoms with E-state index in [9.17, 15) is 0 Å². The van der Waals surface area contributed by atoms with Crippen molar-refractivity contribution in [2.75, 3.05) is 5.73 Å². The lowest BCUT2D eigenvalue weighted by Crippen LogP contribution is -2.50. The van der Waals surface area contributed by atoms with E-state index in [4.69, 9.17) is 10.7 Å². The van der Waals surface area contributed by atoms with Crippen molar-refractivity contribution in [3.63, 3.8) is 0 Å². The van der Waals surface area contributed by atoms with Crippen LogP contribution in [0.3, 0.4) is 0 Å². The van der Waals surface area contributed by atoms with E-state index in [-0.39, 0.29) is 5.66 Å². The van der Waals surface area contributed by atoms with Crippen LogP contribution in [0.15, 0.2) is 54.1 Å². The van der Waals surface area contributed by atoms with E-state index in [0.717, 1.165) is 16.5 Å². The van der Waals surface area contributed by atoms with Crippen molar-refractivity contribution < 1.29 is 0 Å². The molecule has 5 rings (SSSR count). The highest BCUT2D eigenvalue weighted by Crippen LogP contribution is 2.49. The first-order valence-corrected chi connectivity index (χ1v) is 8.35. The Morgan fingerprint density at radius 3 is 2.79 bits per heavy atom. The summed E-state index contributed by atoms with van der Waals surface area (Å²) < 4.78 is 0. The van der Waals surface area contributed by atoms with Crippen LogP contribution in [0.2, 0.25) is 0 Å². The molecular weight excluding hydrogens is 298 g/mol. The highest BCUT2D eigenvalue weighted by molar-refractivity contribution is 6.01. The summed E-state index contributed by atoms with van der Waals surface area (Å²) in [6.07, 6.45) is 12.3. The highest BCUT2D eigenvalue weighted by atomic mass is 15.2. The van der Waals surface area contributed by atoms with Gasteiger partial charge in [-0.05, 0) is 50.1 Å². The number of hydrogen-bond acceptors (Lipinski definition) is 5. The average molecular weight is 317 g/mol. The van der Waals surface area contributed by atoms with E-state index in [2.05, 4.69) is 34.7 Å². The number of nitrogens with two attached hydrogens (primary N) is 1. The van der Waals surface area contributed by atoms with E-state index in [1.54, 1.807) is 6.20 Å². The Kier molecular flexibility index (Phi) is 2.61. The number of nitrogens with zero attached hydrogens (tertiary/aromatic N) is 2. The summed E-state index contributed by atoms with van der Waals surface area (Å²) in [6.45, 7) is 2.18. The first kappa shape index (κ1) is 13.6. The molecule has 120 valence electrons. The molecule has 0 saturated heterocycles. The zero-order valence-electron chi connectivity index (χ0n) is 13.5. The summed E-state index contributed by atoms with van der Waals surface area (Å²) >= 11 is 0. The standard InChI is InChI=1S/C19H19N5/c1-19-14(3-2-8-23-19)15(16(24-19)11-4-5-11)17-12-6-10-22-18(20)13(12)7-9-21-17/h2-3,6-11,23-24H,4-5H2,1H3,(H2,20,22). The van der Waals surface area contributed by atoms with Crippen LogP contribution in [0.4, 0.5) is 5.82 Å². The second kappa shape index (κ2) is 4.60. The number of nitrogen functional groups attached to an aromatic ring is 1. The number of allylic oxidation sites excluding steroid dienone is 3. The van der Waals surface area contributed by atoms with E-state index in [1.165, 1.54) is 29.7 Å². The number of nitrogens with one attached hydrogen (secondary N) is 2. The normalized spacial score (nSPS) is 25.3. The summed E-state index contributed by atoms with van der Waals surface area (Å²) in [7, 11) is 0. The molecule has 4 heterocycles. The molecule has 0 amide bonds. The van der Waals surface area contributed by atoms with Crippen LogP contribution >= 0.6 is 0 Å². The largest absolute Gasteiger partial charge is 0.383 e. The van der Waals surface area contributed by atoms with Gasteiger partial charge in [0.25, 0.3) is 0 Å². The first-order chi connectivity index (χ1) is 11.7. The second-order valence-electron chi connectivity index (χ2n) is 6.85. The minimum Gasteiger partial charge on any atom is -0.383 e. The van der Waals surface area contributed by atoms with E-state index in [1.807, 2.05) is 24.5 Å². The molecule has 1 atom stereocenters. The van der Waals surface area contributed by atoms with Gasteiger partial charge in [-0.15, -0.1) is 0 Å². The van der Waals surface area contributed by atoms with Crippen molar-refractivity contribution in [3.8, 4) is 0 Å². The summed E-state index contributed by atoms with van der Waals surface area (Å²) in [6, 6.07) is 3.95. The molecule has 5 heteroatoms. The van der Waals surface area contributed by atoms with Crippen molar-refractivity contribution in [3.05, 3.63) is 59.8 Å². The van der Waals surface area contributed by atoms with Crippen molar-refractivity contribution in [1.29, 1.82) is 0 Å². The van der Waals surface area contributed by atoms with Crippen LogP contribution in [-0.2, 0) is 0 Å². The predicted octanol–water partition coefficient (Wildman–Crippen LogP) is 2.70. The third kappa shape index (κ3) is 1.81. The quantitative estimate of drug-likeness (QED) is 0.794. The molecule has 2 aliphatic heterocycles. The number of anilines is 1. The Hall–Kier alpha value is -2.82. The first-order valence-electron chi connectivity index (χ1n) is 8.35. The van der Waals surface area contributed by atoms with Crippen LogP contribution in [0.5, 0.6) is 0 Å². The van der Waals surface area contributed by atoms with E-state index >= 15 is 0 Å². The summed E-state index contributed by atoms with van der Waals surface area (Å²) in [5.74, 6) is 1.15. The van der Waals surface area contributed by atoms with Gasteiger partial charge in [0.1, 0.15) is 11.5 Å². The number of hydrogen-bond donors (Lipinski definition) is 3. The van der Waals surface area contributed by atoms with Crippen LogP contribution in [0, 0.1) is 5.92 Å². The maximum absolute atomic E-state index is 6.08. The lowest BCUT2D eigenvalue weighted by atomic mass is 9.90. The number of fused-ring (bicyclic) bond motifs is 2. The number of pyridine rings is 2. The van der Waals surface area contributed by atoms with Crippen molar-refractivity contribution in [2.24, 2.45) is 5.92 Å². The van der Waals surface area contributed by atoms with Crippen molar-refractivity contribution in [2.45, 2.75) is 25.4 Å². The highest BCUT2D eigenvalue weighted by Gasteiger charge is 2.45. The minimum absolute atomic E-state index is 0.273. The van der Waals surface area contributed by atoms with Gasteiger partial charge < -0.3 is 16.4 Å². The molecule has 0 aromatic carbocycles. The second-order valence-corrected chi connectivity index (χ2v) is 6.85. The summed E-state index contributed by atoms with van der Waals surface area (Å²) in [4.78, 5) is 8.96. The third-order valence-electron chi connectivity index (χ3n) is 5.14. The summed E-state index contributed by atoms with van der Waals surface area (Å²) in [5.41, 5.74) is 10.6. The maximum atomic E-state index is 6.08. The van der Waals surface area contributed by atoms with Gasteiger partial charge in [-0.1, -0.05) is 6.08 Å². The van der Waals surface area contributed by atoms with E-state index < -0.39 is 0 Å². The Labute approximate surface area is 140 Å². The fourth-order valence-electron chi connectivity index (χ4n) is 3.78. The molecule has 0 bridgehead atoms. The molecule has 1 saturated carbocycles. The Morgan fingerprint density at radius 1 is 1.17 bits per heavy atom. The van der Waals surface area contributed by atoms with Crippen LogP contribution in [0.25, 0.3) is 16.3 Å². The minimum atomic E-state index is -0.273. The molecule has 1 fully saturated rings. The van der Waals surface area contributed by atoms with Gasteiger partial charge in [-0.3, -0.25) is 4.98 Å². The van der Waals surface area contributed by atoms with Crippen LogP contribution < -0.4 is 16.4 Å². The molecule has 0 radical (unpaired) electrons.